The molecule has 7 N–H and O–H groups in total. The van der Waals surface area contributed by atoms with E-state index in [9.17, 15) is 45.3 Å². The Morgan fingerprint density at radius 1 is 0.458 bits per heavy atom. The van der Waals surface area contributed by atoms with E-state index < -0.39 is 92.7 Å². The van der Waals surface area contributed by atoms with Crippen LogP contribution in [0.3, 0.4) is 0 Å². The number of aliphatic hydroxyl groups is 7. The van der Waals surface area contributed by atoms with Crippen molar-refractivity contribution in [3.05, 3.63) is 48.6 Å². The van der Waals surface area contributed by atoms with Gasteiger partial charge in [0, 0.05) is 12.8 Å². The van der Waals surface area contributed by atoms with Gasteiger partial charge in [0.15, 0.2) is 18.7 Å². The predicted octanol–water partition coefficient (Wildman–Crippen LogP) is 9.05. The number of aliphatic hydroxyl groups excluding tert-OH is 7. The Bertz CT molecular complexity index is 1440. The van der Waals surface area contributed by atoms with Crippen LogP contribution < -0.4 is 0 Å². The SMILES string of the molecule is CC/C=C/C=C/C=C/C=C/CCCCCCCC(=O)OC[C@H](CO[C@H]1O[C@@H](CO[C@H]2O[C@@H](CO)[C@@H](O)C(O)C2O)[C@@H](O)C(O)C1O)OC(=O)CCCCCCCCCCCCCCCCCCCCCCC. The van der Waals surface area contributed by atoms with Gasteiger partial charge in [-0.05, 0) is 32.1 Å². The Morgan fingerprint density at radius 2 is 0.875 bits per heavy atom. The number of carbonyl (C=O) groups is 2. The van der Waals surface area contributed by atoms with Gasteiger partial charge in [0.1, 0.15) is 55.4 Å². The lowest BCUT2D eigenvalue weighted by molar-refractivity contribution is -0.332. The Kier molecular flexibility index (Phi) is 39.8. The zero-order valence-electron chi connectivity index (χ0n) is 44.4. The fourth-order valence-electron chi connectivity index (χ4n) is 8.82. The van der Waals surface area contributed by atoms with Crippen LogP contribution in [-0.2, 0) is 38.0 Å². The van der Waals surface area contributed by atoms with Gasteiger partial charge in [0.25, 0.3) is 0 Å². The molecule has 2 rings (SSSR count). The van der Waals surface area contributed by atoms with Gasteiger partial charge in [0.05, 0.1) is 19.8 Å². The molecule has 15 nitrogen and oxygen atoms in total. The first-order valence-electron chi connectivity index (χ1n) is 28.3. The average molecular weight is 1030 g/mol. The lowest BCUT2D eigenvalue weighted by atomic mass is 9.98. The monoisotopic (exact) mass is 1020 g/mol. The molecule has 0 aliphatic carbocycles. The first-order valence-corrected chi connectivity index (χ1v) is 28.3. The van der Waals surface area contributed by atoms with Gasteiger partial charge < -0.3 is 64.2 Å². The summed E-state index contributed by atoms with van der Waals surface area (Å²) in [6, 6.07) is 0. The van der Waals surface area contributed by atoms with Crippen LogP contribution >= 0.6 is 0 Å². The maximum absolute atomic E-state index is 13.1. The maximum atomic E-state index is 13.1. The largest absolute Gasteiger partial charge is 0.462 e. The number of carbonyl (C=O) groups excluding carboxylic acids is 2. The summed E-state index contributed by atoms with van der Waals surface area (Å²) in [6.45, 7) is 2.45. The number of ether oxygens (including phenoxy) is 6. The summed E-state index contributed by atoms with van der Waals surface area (Å²) in [5.41, 5.74) is 0. The van der Waals surface area contributed by atoms with Gasteiger partial charge in [-0.3, -0.25) is 9.59 Å². The van der Waals surface area contributed by atoms with Crippen LogP contribution in [-0.4, -0.2) is 142 Å². The van der Waals surface area contributed by atoms with Gasteiger partial charge in [0.2, 0.25) is 0 Å². The number of hydrogen-bond donors (Lipinski definition) is 7. The molecule has 0 aromatic rings. The molecule has 2 saturated heterocycles. The van der Waals surface area contributed by atoms with Crippen molar-refractivity contribution in [2.45, 2.75) is 274 Å². The average Bonchev–Trinajstić information content (AvgIpc) is 3.37. The molecule has 4 unspecified atom stereocenters. The molecule has 11 atom stereocenters. The molecule has 2 heterocycles. The minimum Gasteiger partial charge on any atom is -0.462 e. The smallest absolute Gasteiger partial charge is 0.306 e. The van der Waals surface area contributed by atoms with Crippen LogP contribution in [0.25, 0.3) is 0 Å². The molecule has 418 valence electrons. The molecule has 0 radical (unpaired) electrons. The molecule has 0 saturated carbocycles. The van der Waals surface area contributed by atoms with Crippen molar-refractivity contribution in [3.8, 4) is 0 Å². The quantitative estimate of drug-likeness (QED) is 0.0171. The van der Waals surface area contributed by atoms with E-state index in [-0.39, 0.29) is 26.1 Å². The highest BCUT2D eigenvalue weighted by atomic mass is 16.7. The third kappa shape index (κ3) is 30.7. The van der Waals surface area contributed by atoms with Crippen LogP contribution in [0, 0.1) is 0 Å². The summed E-state index contributed by atoms with van der Waals surface area (Å²) >= 11 is 0. The van der Waals surface area contributed by atoms with E-state index >= 15 is 0 Å². The van der Waals surface area contributed by atoms with Crippen molar-refractivity contribution >= 4 is 11.9 Å². The Hall–Kier alpha value is -2.54. The lowest BCUT2D eigenvalue weighted by Gasteiger charge is -2.42. The van der Waals surface area contributed by atoms with Crippen molar-refractivity contribution in [3.63, 3.8) is 0 Å². The molecule has 72 heavy (non-hydrogen) atoms. The Morgan fingerprint density at radius 3 is 1.38 bits per heavy atom. The van der Waals surface area contributed by atoms with Crippen molar-refractivity contribution < 1.29 is 73.8 Å². The second kappa shape index (κ2) is 43.7. The van der Waals surface area contributed by atoms with E-state index in [0.29, 0.717) is 12.8 Å². The zero-order chi connectivity index (χ0) is 52.4. The van der Waals surface area contributed by atoms with Crippen LogP contribution in [0.5, 0.6) is 0 Å². The second-order valence-electron chi connectivity index (χ2n) is 19.8. The Balaban J connectivity index is 1.76. The normalized spacial score (nSPS) is 25.3. The molecule has 2 fully saturated rings. The highest BCUT2D eigenvalue weighted by Crippen LogP contribution is 2.27. The molecular formula is C57H100O15. The van der Waals surface area contributed by atoms with E-state index in [4.69, 9.17) is 28.4 Å². The summed E-state index contributed by atoms with van der Waals surface area (Å²) in [5, 5.41) is 72.2. The number of rotatable bonds is 44. The highest BCUT2D eigenvalue weighted by Gasteiger charge is 2.47. The van der Waals surface area contributed by atoms with Crippen molar-refractivity contribution in [2.24, 2.45) is 0 Å². The maximum Gasteiger partial charge on any atom is 0.306 e. The molecule has 0 aromatic heterocycles. The third-order valence-corrected chi connectivity index (χ3v) is 13.4. The molecule has 0 amide bonds. The van der Waals surface area contributed by atoms with Crippen molar-refractivity contribution in [2.75, 3.05) is 26.4 Å². The number of hydrogen-bond acceptors (Lipinski definition) is 15. The van der Waals surface area contributed by atoms with E-state index in [1.165, 1.54) is 109 Å². The first-order chi connectivity index (χ1) is 35.0. The molecular weight excluding hydrogens is 925 g/mol. The fraction of sp³-hybridized carbons (Fsp3) is 0.825. The molecule has 0 bridgehead atoms. The van der Waals surface area contributed by atoms with Gasteiger partial charge in [-0.15, -0.1) is 0 Å². The standard InChI is InChI=1S/C57H100O15/c1-3-5-7-9-11-13-15-17-19-20-21-22-23-24-26-28-30-32-34-36-38-40-49(60)70-45(42-67-48(59)39-37-35-33-31-29-27-25-18-16-14-12-10-8-6-4-2)43-68-56-55(66)53(64)51(62)47(72-56)44-69-57-54(65)52(63)50(61)46(41-58)71-57/h6,8,10,12,14,16,18,25,45-47,50-58,61-66H,3-5,7,9,11,13,15,17,19-24,26-44H2,1-2H3/b8-6+,12-10+,16-14+,25-18+/t45-,46+,47+,50-,51-,52?,53?,54?,55?,56+,57+/m1/s1. The lowest BCUT2D eigenvalue weighted by Crippen LogP contribution is -2.61. The first kappa shape index (κ1) is 65.6. The van der Waals surface area contributed by atoms with E-state index in [1.807, 2.05) is 36.5 Å². The van der Waals surface area contributed by atoms with Gasteiger partial charge in [-0.2, -0.15) is 0 Å². The summed E-state index contributed by atoms with van der Waals surface area (Å²) in [5.74, 6) is -0.946. The number of esters is 2. The minimum atomic E-state index is -1.77. The van der Waals surface area contributed by atoms with E-state index in [2.05, 4.69) is 26.0 Å². The zero-order valence-corrected chi connectivity index (χ0v) is 44.4. The van der Waals surface area contributed by atoms with Crippen molar-refractivity contribution in [1.29, 1.82) is 0 Å². The van der Waals surface area contributed by atoms with Gasteiger partial charge in [-0.25, -0.2) is 0 Å². The summed E-state index contributed by atoms with van der Waals surface area (Å²) in [6.07, 6.45) is 32.8. The number of allylic oxidation sites excluding steroid dienone is 8. The van der Waals surface area contributed by atoms with E-state index in [0.717, 1.165) is 57.8 Å². The van der Waals surface area contributed by atoms with Crippen LogP contribution in [0.4, 0.5) is 0 Å². The molecule has 15 heteroatoms. The summed E-state index contributed by atoms with van der Waals surface area (Å²) in [7, 11) is 0. The summed E-state index contributed by atoms with van der Waals surface area (Å²) in [4.78, 5) is 25.8. The van der Waals surface area contributed by atoms with Gasteiger partial charge >= 0.3 is 11.9 Å². The van der Waals surface area contributed by atoms with Crippen LogP contribution in [0.15, 0.2) is 48.6 Å². The molecule has 0 aromatic carbocycles. The van der Waals surface area contributed by atoms with Crippen molar-refractivity contribution in [1.82, 2.24) is 0 Å². The number of unbranched alkanes of at least 4 members (excludes halogenated alkanes) is 25. The Labute approximate surface area is 433 Å². The highest BCUT2D eigenvalue weighted by molar-refractivity contribution is 5.70. The fourth-order valence-corrected chi connectivity index (χ4v) is 8.82. The summed E-state index contributed by atoms with van der Waals surface area (Å²) < 4.78 is 33.6. The third-order valence-electron chi connectivity index (χ3n) is 13.4. The molecule has 0 spiro atoms. The molecule has 2 aliphatic rings. The van der Waals surface area contributed by atoms with Crippen LogP contribution in [0.1, 0.15) is 206 Å². The second-order valence-corrected chi connectivity index (χ2v) is 19.8. The van der Waals surface area contributed by atoms with Gasteiger partial charge in [-0.1, -0.05) is 210 Å². The molecule has 2 aliphatic heterocycles. The topological polar surface area (TPSA) is 231 Å². The minimum absolute atomic E-state index is 0.162. The predicted molar refractivity (Wildman–Crippen MR) is 280 cm³/mol. The van der Waals surface area contributed by atoms with Crippen LogP contribution in [0.2, 0.25) is 0 Å². The van der Waals surface area contributed by atoms with E-state index in [1.54, 1.807) is 0 Å².